The van der Waals surface area contributed by atoms with Gasteiger partial charge in [-0.1, -0.05) is 15.9 Å². The van der Waals surface area contributed by atoms with E-state index < -0.39 is 24.2 Å². The van der Waals surface area contributed by atoms with E-state index in [4.69, 9.17) is 18.9 Å². The van der Waals surface area contributed by atoms with Crippen molar-refractivity contribution in [2.75, 3.05) is 7.11 Å². The Kier molecular flexibility index (Phi) is 6.36. The van der Waals surface area contributed by atoms with Crippen molar-refractivity contribution in [2.45, 2.75) is 27.1 Å². The van der Waals surface area contributed by atoms with Crippen LogP contribution < -0.4 is 9.47 Å². The van der Waals surface area contributed by atoms with Crippen molar-refractivity contribution in [3.63, 3.8) is 0 Å². The SMILES string of the molecule is COc1cc(C(OC(C)=O)OC(C)=O)c(Br)cc1OC(C)=O. The molecule has 0 fully saturated rings. The standard InChI is InChI=1S/C14H15BrO7/c1-7(16)20-13-6-11(15)10(5-12(13)19-4)14(21-8(2)17)22-9(3)18/h5-6,14H,1-4H3. The average Bonchev–Trinajstić information content (AvgIpc) is 2.36. The van der Waals surface area contributed by atoms with Gasteiger partial charge < -0.3 is 18.9 Å². The second kappa shape index (κ2) is 7.79. The number of benzene rings is 1. The molecular formula is C14H15BrO7. The third kappa shape index (κ3) is 5.03. The van der Waals surface area contributed by atoms with E-state index in [1.165, 1.54) is 40.0 Å². The molecule has 0 saturated carbocycles. The first-order valence-corrected chi connectivity index (χ1v) is 6.94. The fourth-order valence-corrected chi connectivity index (χ4v) is 2.09. The molecule has 0 amide bonds. The smallest absolute Gasteiger partial charge is 0.308 e. The molecule has 0 radical (unpaired) electrons. The minimum atomic E-state index is -1.25. The summed E-state index contributed by atoms with van der Waals surface area (Å²) in [5.74, 6) is -1.37. The van der Waals surface area contributed by atoms with Crippen LogP contribution in [0, 0.1) is 0 Å². The van der Waals surface area contributed by atoms with Gasteiger partial charge in [0.1, 0.15) is 0 Å². The lowest BCUT2D eigenvalue weighted by molar-refractivity contribution is -0.186. The summed E-state index contributed by atoms with van der Waals surface area (Å²) in [5.41, 5.74) is 0.332. The Hall–Kier alpha value is -2.09. The molecule has 0 spiro atoms. The fraction of sp³-hybridized carbons (Fsp3) is 0.357. The Balaban J connectivity index is 3.27. The van der Waals surface area contributed by atoms with Gasteiger partial charge in [-0.15, -0.1) is 0 Å². The minimum Gasteiger partial charge on any atom is -0.493 e. The zero-order chi connectivity index (χ0) is 16.9. The van der Waals surface area contributed by atoms with Crippen LogP contribution in [0.25, 0.3) is 0 Å². The van der Waals surface area contributed by atoms with Gasteiger partial charge in [-0.3, -0.25) is 14.4 Å². The van der Waals surface area contributed by atoms with E-state index in [9.17, 15) is 14.4 Å². The zero-order valence-electron chi connectivity index (χ0n) is 12.5. The van der Waals surface area contributed by atoms with Crippen LogP contribution in [0.15, 0.2) is 16.6 Å². The highest BCUT2D eigenvalue weighted by atomic mass is 79.9. The van der Waals surface area contributed by atoms with Gasteiger partial charge in [-0.25, -0.2) is 0 Å². The zero-order valence-corrected chi connectivity index (χ0v) is 14.1. The molecule has 120 valence electrons. The molecule has 1 aromatic rings. The molecule has 0 N–H and O–H groups in total. The highest BCUT2D eigenvalue weighted by molar-refractivity contribution is 9.10. The lowest BCUT2D eigenvalue weighted by Crippen LogP contribution is -2.16. The monoisotopic (exact) mass is 374 g/mol. The summed E-state index contributed by atoms with van der Waals surface area (Å²) in [4.78, 5) is 33.4. The maximum absolute atomic E-state index is 11.2. The third-order valence-corrected chi connectivity index (χ3v) is 3.02. The minimum absolute atomic E-state index is 0.176. The Morgan fingerprint density at radius 3 is 1.91 bits per heavy atom. The van der Waals surface area contributed by atoms with E-state index in [0.29, 0.717) is 10.0 Å². The Morgan fingerprint density at radius 2 is 1.50 bits per heavy atom. The highest BCUT2D eigenvalue weighted by Crippen LogP contribution is 2.37. The van der Waals surface area contributed by atoms with E-state index in [0.717, 1.165) is 0 Å². The second-order valence-electron chi connectivity index (χ2n) is 4.17. The molecule has 0 bridgehead atoms. The van der Waals surface area contributed by atoms with Gasteiger partial charge in [0.25, 0.3) is 6.29 Å². The van der Waals surface area contributed by atoms with Crippen LogP contribution in [0.2, 0.25) is 0 Å². The number of carbonyl (C=O) groups excluding carboxylic acids is 3. The van der Waals surface area contributed by atoms with E-state index in [2.05, 4.69) is 15.9 Å². The van der Waals surface area contributed by atoms with Crippen molar-refractivity contribution in [3.8, 4) is 11.5 Å². The normalized spacial score (nSPS) is 10.1. The van der Waals surface area contributed by atoms with Crippen LogP contribution in [-0.4, -0.2) is 25.0 Å². The summed E-state index contributed by atoms with van der Waals surface area (Å²) >= 11 is 3.25. The van der Waals surface area contributed by atoms with Crippen LogP contribution >= 0.6 is 15.9 Å². The number of halogens is 1. The summed E-state index contributed by atoms with van der Waals surface area (Å²) in [5, 5.41) is 0. The van der Waals surface area contributed by atoms with Crippen LogP contribution in [-0.2, 0) is 23.9 Å². The van der Waals surface area contributed by atoms with Crippen molar-refractivity contribution in [1.29, 1.82) is 0 Å². The lowest BCUT2D eigenvalue weighted by atomic mass is 10.2. The number of hydrogen-bond acceptors (Lipinski definition) is 7. The lowest BCUT2D eigenvalue weighted by Gasteiger charge is -2.19. The molecule has 22 heavy (non-hydrogen) atoms. The topological polar surface area (TPSA) is 88.1 Å². The van der Waals surface area contributed by atoms with E-state index in [1.807, 2.05) is 0 Å². The molecule has 8 heteroatoms. The average molecular weight is 375 g/mol. The molecule has 0 atom stereocenters. The number of ether oxygens (including phenoxy) is 4. The van der Waals surface area contributed by atoms with Gasteiger partial charge in [0.2, 0.25) is 0 Å². The first-order valence-electron chi connectivity index (χ1n) is 6.15. The quantitative estimate of drug-likeness (QED) is 0.444. The molecule has 0 aliphatic rings. The van der Waals surface area contributed by atoms with Crippen molar-refractivity contribution in [1.82, 2.24) is 0 Å². The van der Waals surface area contributed by atoms with Gasteiger partial charge in [0, 0.05) is 25.2 Å². The number of rotatable bonds is 5. The van der Waals surface area contributed by atoms with E-state index in [1.54, 1.807) is 0 Å². The first-order chi connectivity index (χ1) is 10.2. The third-order valence-electron chi connectivity index (χ3n) is 2.34. The number of methoxy groups -OCH3 is 1. The number of carbonyl (C=O) groups is 3. The predicted molar refractivity (Wildman–Crippen MR) is 78.3 cm³/mol. The molecule has 0 heterocycles. The summed E-state index contributed by atoms with van der Waals surface area (Å²) < 4.78 is 20.5. The summed E-state index contributed by atoms with van der Waals surface area (Å²) in [6.07, 6.45) is -1.25. The number of esters is 3. The maximum atomic E-state index is 11.2. The summed E-state index contributed by atoms with van der Waals surface area (Å²) in [6.45, 7) is 3.63. The largest absolute Gasteiger partial charge is 0.493 e. The molecule has 1 aromatic carbocycles. The predicted octanol–water partition coefficient (Wildman–Crippen LogP) is 2.51. The molecule has 1 rings (SSSR count). The van der Waals surface area contributed by atoms with Gasteiger partial charge in [0.15, 0.2) is 11.5 Å². The highest BCUT2D eigenvalue weighted by Gasteiger charge is 2.24. The van der Waals surface area contributed by atoms with Crippen LogP contribution in [0.5, 0.6) is 11.5 Å². The van der Waals surface area contributed by atoms with Crippen LogP contribution in [0.3, 0.4) is 0 Å². The van der Waals surface area contributed by atoms with Gasteiger partial charge in [-0.2, -0.15) is 0 Å². The second-order valence-corrected chi connectivity index (χ2v) is 5.02. The Morgan fingerprint density at radius 1 is 0.955 bits per heavy atom. The maximum Gasteiger partial charge on any atom is 0.308 e. The molecule has 7 nitrogen and oxygen atoms in total. The number of hydrogen-bond donors (Lipinski definition) is 0. The molecule has 0 saturated heterocycles. The Bertz CT molecular complexity index is 581. The van der Waals surface area contributed by atoms with Crippen molar-refractivity contribution in [3.05, 3.63) is 22.2 Å². The molecular weight excluding hydrogens is 360 g/mol. The van der Waals surface area contributed by atoms with E-state index in [-0.39, 0.29) is 11.5 Å². The van der Waals surface area contributed by atoms with Crippen molar-refractivity contribution < 1.29 is 33.3 Å². The molecule has 0 unspecified atom stereocenters. The van der Waals surface area contributed by atoms with Crippen LogP contribution in [0.1, 0.15) is 32.6 Å². The molecule has 0 aliphatic heterocycles. The van der Waals surface area contributed by atoms with Crippen molar-refractivity contribution >= 4 is 33.8 Å². The van der Waals surface area contributed by atoms with Crippen LogP contribution in [0.4, 0.5) is 0 Å². The van der Waals surface area contributed by atoms with Crippen molar-refractivity contribution in [2.24, 2.45) is 0 Å². The van der Waals surface area contributed by atoms with Gasteiger partial charge >= 0.3 is 17.9 Å². The van der Waals surface area contributed by atoms with E-state index >= 15 is 0 Å². The fourth-order valence-electron chi connectivity index (χ4n) is 1.58. The van der Waals surface area contributed by atoms with Gasteiger partial charge in [-0.05, 0) is 12.1 Å². The first kappa shape index (κ1) is 18.0. The summed E-state index contributed by atoms with van der Waals surface area (Å²) in [6, 6.07) is 2.90. The summed E-state index contributed by atoms with van der Waals surface area (Å²) in [7, 11) is 1.38. The Labute approximate surface area is 135 Å². The van der Waals surface area contributed by atoms with Gasteiger partial charge in [0.05, 0.1) is 12.7 Å². The molecule has 0 aromatic heterocycles. The molecule has 0 aliphatic carbocycles.